The molecule has 3 aromatic rings. The molecule has 0 radical (unpaired) electrons. The topological polar surface area (TPSA) is 87.1 Å². The van der Waals surface area contributed by atoms with Gasteiger partial charge in [0.15, 0.2) is 5.69 Å². The summed E-state index contributed by atoms with van der Waals surface area (Å²) in [5, 5.41) is 7.94. The van der Waals surface area contributed by atoms with E-state index in [1.165, 1.54) is 0 Å². The zero-order valence-corrected chi connectivity index (χ0v) is 21.9. The number of piperidine rings is 1. The van der Waals surface area contributed by atoms with Crippen LogP contribution >= 0.6 is 7.14 Å². The highest BCUT2D eigenvalue weighted by atomic mass is 31.2. The first-order valence-corrected chi connectivity index (χ1v) is 14.9. The van der Waals surface area contributed by atoms with Crippen LogP contribution in [-0.4, -0.2) is 46.4 Å². The van der Waals surface area contributed by atoms with Crippen LogP contribution in [0.4, 0.5) is 20.4 Å². The van der Waals surface area contributed by atoms with Crippen LogP contribution in [0.3, 0.4) is 0 Å². The minimum atomic E-state index is -3.05. The molecule has 0 bridgehead atoms. The summed E-state index contributed by atoms with van der Waals surface area (Å²) in [5.41, 5.74) is 1.82. The predicted octanol–water partition coefficient (Wildman–Crippen LogP) is 5.79. The fourth-order valence-electron chi connectivity index (χ4n) is 5.37. The summed E-state index contributed by atoms with van der Waals surface area (Å²) in [6, 6.07) is 3.43. The van der Waals surface area contributed by atoms with Gasteiger partial charge < -0.3 is 20.2 Å². The van der Waals surface area contributed by atoms with Crippen molar-refractivity contribution >= 4 is 35.0 Å². The molecule has 7 nitrogen and oxygen atoms in total. The molecular formula is C26H31F2N6OP. The second kappa shape index (κ2) is 8.64. The third kappa shape index (κ3) is 4.42. The van der Waals surface area contributed by atoms with Gasteiger partial charge in [-0.1, -0.05) is 12.1 Å². The van der Waals surface area contributed by atoms with Gasteiger partial charge in [-0.2, -0.15) is 0 Å². The maximum Gasteiger partial charge on any atom is 0.277 e. The summed E-state index contributed by atoms with van der Waals surface area (Å²) in [7, 11) is -2.83. The van der Waals surface area contributed by atoms with Crippen LogP contribution in [0.15, 0.2) is 18.3 Å². The number of hydrogen-bond donors (Lipinski definition) is 3. The highest BCUT2D eigenvalue weighted by molar-refractivity contribution is 7.71. The number of nitrogens with one attached hydrogen (secondary N) is 3. The van der Waals surface area contributed by atoms with Gasteiger partial charge in [-0.25, -0.2) is 23.6 Å². The maximum absolute atomic E-state index is 15.3. The molecule has 190 valence electrons. The van der Waals surface area contributed by atoms with Gasteiger partial charge in [-0.15, -0.1) is 0 Å². The number of halogens is 2. The van der Waals surface area contributed by atoms with Crippen LogP contribution in [0.2, 0.25) is 0 Å². The van der Waals surface area contributed by atoms with Crippen LogP contribution in [0.25, 0.3) is 27.0 Å². The van der Waals surface area contributed by atoms with E-state index >= 15 is 8.78 Å². The largest absolute Gasteiger partial charge is 0.361 e. The number of aromatic amines is 1. The van der Waals surface area contributed by atoms with Crippen LogP contribution in [0.1, 0.15) is 50.8 Å². The van der Waals surface area contributed by atoms with Gasteiger partial charge in [0.2, 0.25) is 5.95 Å². The highest BCUT2D eigenvalue weighted by Gasteiger charge is 2.42. The van der Waals surface area contributed by atoms with Crippen molar-refractivity contribution < 1.29 is 13.3 Å². The summed E-state index contributed by atoms with van der Waals surface area (Å²) in [6.07, 6.45) is 4.10. The van der Waals surface area contributed by atoms with E-state index in [9.17, 15) is 4.57 Å². The summed E-state index contributed by atoms with van der Waals surface area (Å²) in [5.74, 6) is -2.71. The number of rotatable bonds is 4. The van der Waals surface area contributed by atoms with E-state index in [2.05, 4.69) is 44.3 Å². The van der Waals surface area contributed by atoms with E-state index in [4.69, 9.17) is 6.57 Å². The van der Waals surface area contributed by atoms with Gasteiger partial charge in [0.05, 0.1) is 23.5 Å². The van der Waals surface area contributed by atoms with Gasteiger partial charge >= 0.3 is 0 Å². The van der Waals surface area contributed by atoms with Gasteiger partial charge in [0, 0.05) is 52.5 Å². The molecule has 1 aliphatic carbocycles. The van der Waals surface area contributed by atoms with E-state index in [0.29, 0.717) is 51.9 Å². The predicted molar refractivity (Wildman–Crippen MR) is 140 cm³/mol. The lowest BCUT2D eigenvalue weighted by Gasteiger charge is -2.36. The molecular weight excluding hydrogens is 481 g/mol. The molecule has 10 heteroatoms. The number of aromatic nitrogens is 3. The molecule has 2 aliphatic rings. The fraction of sp³-hybridized carbons (Fsp3) is 0.500. The third-order valence-electron chi connectivity index (χ3n) is 7.25. The second-order valence-electron chi connectivity index (χ2n) is 10.9. The zero-order chi connectivity index (χ0) is 25.9. The van der Waals surface area contributed by atoms with Crippen LogP contribution in [-0.2, 0) is 16.9 Å². The number of aryl methyl sites for hydroxylation is 1. The van der Waals surface area contributed by atoms with Crippen LogP contribution in [0.5, 0.6) is 0 Å². The van der Waals surface area contributed by atoms with Crippen LogP contribution in [0, 0.1) is 6.57 Å². The lowest BCUT2D eigenvalue weighted by Crippen LogP contribution is -2.50. The normalized spacial score (nSPS) is 21.1. The van der Waals surface area contributed by atoms with Crippen molar-refractivity contribution in [2.75, 3.05) is 25.2 Å². The Kier molecular flexibility index (Phi) is 5.96. The molecule has 1 aliphatic heterocycles. The summed E-state index contributed by atoms with van der Waals surface area (Å²) < 4.78 is 43.7. The molecule has 3 heterocycles. The maximum atomic E-state index is 15.3. The van der Waals surface area contributed by atoms with Crippen molar-refractivity contribution in [1.82, 2.24) is 20.3 Å². The van der Waals surface area contributed by atoms with Gasteiger partial charge in [0.25, 0.3) is 5.92 Å². The molecule has 1 fully saturated rings. The number of fused-ring (bicyclic) bond motifs is 2. The standard InChI is InChI=1S/C26H31F2N6OP/c1-25(2)12-10-15(13-31-25)32-24-33-18-7-6-11-26(27,28)20(18)21(34-24)17-14-30-22-16(17)8-9-19(29-3)23(22)36(4,5)35/h8-9,14-15,30-31H,6-7,10-13H2,1-2,4-5H3,(H,32,33,34)/t15-/m0/s1. The smallest absolute Gasteiger partial charge is 0.277 e. The van der Waals surface area contributed by atoms with Crippen molar-refractivity contribution in [2.24, 2.45) is 0 Å². The third-order valence-corrected chi connectivity index (χ3v) is 8.78. The van der Waals surface area contributed by atoms with E-state index in [1.807, 2.05) is 0 Å². The van der Waals surface area contributed by atoms with Crippen molar-refractivity contribution in [3.05, 3.63) is 41.0 Å². The second-order valence-corrected chi connectivity index (χ2v) is 14.1. The average Bonchev–Trinajstić information content (AvgIpc) is 3.22. The molecule has 0 unspecified atom stereocenters. The number of benzene rings is 1. The zero-order valence-electron chi connectivity index (χ0n) is 21.0. The molecule has 1 atom stereocenters. The SMILES string of the molecule is [C-]#[N+]c1ccc2c(-c3nc(N[C@H]4CCC(C)(C)NC4)nc4c3C(F)(F)CCC4)c[nH]c2c1P(C)(C)=O. The first-order chi connectivity index (χ1) is 16.9. The quantitative estimate of drug-likeness (QED) is 0.304. The Morgan fingerprint density at radius 2 is 2.00 bits per heavy atom. The van der Waals surface area contributed by atoms with E-state index < -0.39 is 13.1 Å². The number of nitrogens with zero attached hydrogens (tertiary/aromatic N) is 3. The lowest BCUT2D eigenvalue weighted by atomic mass is 9.89. The molecule has 0 amide bonds. The monoisotopic (exact) mass is 512 g/mol. The number of alkyl halides is 2. The van der Waals surface area contributed by atoms with Crippen molar-refractivity contribution in [2.45, 2.75) is 63.5 Å². The lowest BCUT2D eigenvalue weighted by molar-refractivity contribution is -0.0220. The van der Waals surface area contributed by atoms with Crippen molar-refractivity contribution in [3.8, 4) is 11.3 Å². The Hall–Kier alpha value is -2.82. The molecule has 36 heavy (non-hydrogen) atoms. The molecule has 3 N–H and O–H groups in total. The minimum absolute atomic E-state index is 0.0615. The summed E-state index contributed by atoms with van der Waals surface area (Å²) >= 11 is 0. The van der Waals surface area contributed by atoms with E-state index in [1.54, 1.807) is 31.7 Å². The Labute approximate surface area is 209 Å². The van der Waals surface area contributed by atoms with Gasteiger partial charge in [0.1, 0.15) is 7.14 Å². The first-order valence-electron chi connectivity index (χ1n) is 12.3. The Morgan fingerprint density at radius 3 is 2.67 bits per heavy atom. The minimum Gasteiger partial charge on any atom is -0.361 e. The molecule has 1 saturated heterocycles. The van der Waals surface area contributed by atoms with Gasteiger partial charge in [-0.05, 0) is 52.9 Å². The molecule has 0 spiro atoms. The summed E-state index contributed by atoms with van der Waals surface area (Å²) in [6.45, 7) is 15.8. The van der Waals surface area contributed by atoms with E-state index in [0.717, 1.165) is 19.4 Å². The highest BCUT2D eigenvalue weighted by Crippen LogP contribution is 2.47. The molecule has 1 aromatic carbocycles. The van der Waals surface area contributed by atoms with Gasteiger partial charge in [-0.3, -0.25) is 0 Å². The molecule has 2 aromatic heterocycles. The summed E-state index contributed by atoms with van der Waals surface area (Å²) in [4.78, 5) is 15.9. The Morgan fingerprint density at radius 1 is 1.22 bits per heavy atom. The number of anilines is 1. The fourth-order valence-corrected chi connectivity index (χ4v) is 6.77. The van der Waals surface area contributed by atoms with Crippen molar-refractivity contribution in [3.63, 3.8) is 0 Å². The average molecular weight is 513 g/mol. The Balaban J connectivity index is 1.67. The van der Waals surface area contributed by atoms with E-state index in [-0.39, 0.29) is 29.3 Å². The number of H-pyrrole nitrogens is 1. The molecule has 0 saturated carbocycles. The Bertz CT molecular complexity index is 1420. The molecule has 5 rings (SSSR count). The van der Waals surface area contributed by atoms with Crippen molar-refractivity contribution in [1.29, 1.82) is 0 Å². The first kappa shape index (κ1) is 24.9. The van der Waals surface area contributed by atoms with Crippen LogP contribution < -0.4 is 15.9 Å². The number of hydrogen-bond acceptors (Lipinski definition) is 5.